The summed E-state index contributed by atoms with van der Waals surface area (Å²) in [5.41, 5.74) is 0.228. The van der Waals surface area contributed by atoms with Crippen LogP contribution in [0.3, 0.4) is 0 Å². The van der Waals surface area contributed by atoms with Crippen molar-refractivity contribution in [1.82, 2.24) is 9.62 Å². The van der Waals surface area contributed by atoms with Gasteiger partial charge in [-0.25, -0.2) is 16.8 Å². The van der Waals surface area contributed by atoms with Gasteiger partial charge in [0, 0.05) is 13.1 Å². The lowest BCUT2D eigenvalue weighted by Gasteiger charge is -2.28. The molecule has 0 unspecified atom stereocenters. The molecule has 1 atom stereocenters. The number of amides is 1. The smallest absolute Gasteiger partial charge is 0.243 e. The molecule has 198 valence electrons. The number of hydrogen-bond acceptors (Lipinski definition) is 7. The molecule has 0 aliphatic carbocycles. The third-order valence-corrected chi connectivity index (χ3v) is 9.12. The minimum Gasteiger partial charge on any atom is -0.495 e. The van der Waals surface area contributed by atoms with Crippen LogP contribution >= 0.6 is 11.6 Å². The van der Waals surface area contributed by atoms with Crippen molar-refractivity contribution >= 4 is 43.2 Å². The lowest BCUT2D eigenvalue weighted by molar-refractivity contribution is -0.121. The van der Waals surface area contributed by atoms with Gasteiger partial charge in [0.15, 0.2) is 0 Å². The molecule has 2 aromatic carbocycles. The number of sulfonamides is 2. The molecule has 36 heavy (non-hydrogen) atoms. The number of benzene rings is 2. The van der Waals surface area contributed by atoms with Crippen molar-refractivity contribution in [2.45, 2.75) is 30.7 Å². The maximum absolute atomic E-state index is 12.7. The number of rotatable bonds is 11. The predicted molar refractivity (Wildman–Crippen MR) is 138 cm³/mol. The van der Waals surface area contributed by atoms with Crippen molar-refractivity contribution in [2.24, 2.45) is 0 Å². The van der Waals surface area contributed by atoms with E-state index >= 15 is 0 Å². The van der Waals surface area contributed by atoms with Gasteiger partial charge in [0.1, 0.15) is 24.1 Å². The maximum atomic E-state index is 12.7. The van der Waals surface area contributed by atoms with Crippen LogP contribution in [0.1, 0.15) is 19.8 Å². The van der Waals surface area contributed by atoms with Gasteiger partial charge < -0.3 is 14.8 Å². The number of methoxy groups -OCH3 is 1. The lowest BCUT2D eigenvalue weighted by atomic mass is 10.2. The third-order valence-electron chi connectivity index (χ3n) is 5.67. The summed E-state index contributed by atoms with van der Waals surface area (Å²) < 4.78 is 63.2. The number of hydrogen-bond donors (Lipinski definition) is 1. The van der Waals surface area contributed by atoms with Crippen LogP contribution in [0.4, 0.5) is 5.69 Å². The highest BCUT2D eigenvalue weighted by molar-refractivity contribution is 7.92. The van der Waals surface area contributed by atoms with E-state index in [9.17, 15) is 21.6 Å². The topological polar surface area (TPSA) is 122 Å². The first kappa shape index (κ1) is 28.0. The Morgan fingerprint density at radius 3 is 2.31 bits per heavy atom. The number of carbonyl (C=O) groups is 1. The Hall–Kier alpha value is -2.54. The molecule has 0 saturated carbocycles. The summed E-state index contributed by atoms with van der Waals surface area (Å²) in [5.74, 6) is 0.302. The van der Waals surface area contributed by atoms with Gasteiger partial charge in [0.05, 0.1) is 35.5 Å². The average molecular weight is 560 g/mol. The Bertz CT molecular complexity index is 1280. The van der Waals surface area contributed by atoms with Crippen molar-refractivity contribution in [3.05, 3.63) is 47.5 Å². The zero-order chi connectivity index (χ0) is 26.5. The van der Waals surface area contributed by atoms with Crippen molar-refractivity contribution in [3.8, 4) is 11.5 Å². The summed E-state index contributed by atoms with van der Waals surface area (Å²) >= 11 is 6.14. The lowest BCUT2D eigenvalue weighted by Crippen LogP contribution is -2.48. The molecule has 1 aliphatic rings. The van der Waals surface area contributed by atoms with Crippen molar-refractivity contribution in [3.63, 3.8) is 0 Å². The number of halogens is 1. The molecule has 2 aromatic rings. The molecule has 0 spiro atoms. The van der Waals surface area contributed by atoms with Crippen LogP contribution in [0.2, 0.25) is 5.02 Å². The molecular formula is C23H30ClN3O7S2. The summed E-state index contributed by atoms with van der Waals surface area (Å²) in [4.78, 5) is 12.9. The van der Waals surface area contributed by atoms with Crippen molar-refractivity contribution < 1.29 is 31.1 Å². The molecule has 1 fully saturated rings. The Balaban J connectivity index is 1.56. The molecule has 13 heteroatoms. The van der Waals surface area contributed by atoms with Crippen LogP contribution in [-0.2, 0) is 24.8 Å². The first-order valence-corrected chi connectivity index (χ1v) is 15.0. The van der Waals surface area contributed by atoms with Gasteiger partial charge in [-0.15, -0.1) is 0 Å². The predicted octanol–water partition coefficient (Wildman–Crippen LogP) is 2.48. The van der Waals surface area contributed by atoms with Crippen molar-refractivity contribution in [2.75, 3.05) is 43.9 Å². The molecule has 1 saturated heterocycles. The fourth-order valence-electron chi connectivity index (χ4n) is 3.88. The van der Waals surface area contributed by atoms with E-state index in [2.05, 4.69) is 5.32 Å². The second-order valence-corrected chi connectivity index (χ2v) is 12.5. The number of nitrogens with zero attached hydrogens (tertiary/aromatic N) is 2. The third kappa shape index (κ3) is 6.61. The van der Waals surface area contributed by atoms with E-state index in [1.54, 1.807) is 12.1 Å². The average Bonchev–Trinajstić information content (AvgIpc) is 3.37. The van der Waals surface area contributed by atoms with Crippen LogP contribution in [0, 0.1) is 0 Å². The quantitative estimate of drug-likeness (QED) is 0.420. The summed E-state index contributed by atoms with van der Waals surface area (Å²) in [6.45, 7) is 2.73. The molecular weight excluding hydrogens is 530 g/mol. The standard InChI is InChI=1S/C23H30ClN3O7S2/c1-17(27(35(3,29)30)18-6-11-22(33-2)21(24)16-18)23(28)25-12-15-34-19-7-9-20(10-8-19)36(31,32)26-13-4-5-14-26/h6-11,16-17H,4-5,12-15H2,1-3H3,(H,25,28)/t17-/m0/s1. The van der Waals surface area contributed by atoms with Gasteiger partial charge >= 0.3 is 0 Å². The van der Waals surface area contributed by atoms with E-state index in [4.69, 9.17) is 21.1 Å². The monoisotopic (exact) mass is 559 g/mol. The van der Waals surface area contributed by atoms with Gasteiger partial charge in [-0.2, -0.15) is 4.31 Å². The largest absolute Gasteiger partial charge is 0.495 e. The van der Waals surface area contributed by atoms with Gasteiger partial charge in [0.25, 0.3) is 0 Å². The fourth-order valence-corrected chi connectivity index (χ4v) is 6.81. The van der Waals surface area contributed by atoms with Crippen LogP contribution in [0.25, 0.3) is 0 Å². The molecule has 1 aliphatic heterocycles. The molecule has 1 amide bonds. The summed E-state index contributed by atoms with van der Waals surface area (Å²) in [7, 11) is -5.86. The van der Waals surface area contributed by atoms with Gasteiger partial charge in [-0.05, 0) is 62.2 Å². The minimum absolute atomic E-state index is 0.101. The number of nitrogens with one attached hydrogen (secondary N) is 1. The van der Waals surface area contributed by atoms with E-state index in [1.807, 2.05) is 0 Å². The van der Waals surface area contributed by atoms with Crippen LogP contribution in [0.15, 0.2) is 47.4 Å². The zero-order valence-electron chi connectivity index (χ0n) is 20.3. The molecule has 3 rings (SSSR count). The highest BCUT2D eigenvalue weighted by Gasteiger charge is 2.30. The van der Waals surface area contributed by atoms with Crippen molar-refractivity contribution in [1.29, 1.82) is 0 Å². The van der Waals surface area contributed by atoms with E-state index in [1.165, 1.54) is 48.7 Å². The molecule has 0 bridgehead atoms. The number of ether oxygens (including phenoxy) is 2. The highest BCUT2D eigenvalue weighted by atomic mass is 35.5. The van der Waals surface area contributed by atoms with Crippen LogP contribution in [-0.4, -0.2) is 72.7 Å². The molecule has 1 heterocycles. The number of anilines is 1. The minimum atomic E-state index is -3.81. The Morgan fingerprint density at radius 1 is 1.11 bits per heavy atom. The van der Waals surface area contributed by atoms with Gasteiger partial charge in [-0.3, -0.25) is 9.10 Å². The maximum Gasteiger partial charge on any atom is 0.243 e. The Morgan fingerprint density at radius 2 is 1.75 bits per heavy atom. The van der Waals surface area contributed by atoms with E-state index < -0.39 is 32.0 Å². The van der Waals surface area contributed by atoms with Crippen LogP contribution < -0.4 is 19.1 Å². The Labute approximate surface area is 217 Å². The first-order valence-electron chi connectivity index (χ1n) is 11.3. The summed E-state index contributed by atoms with van der Waals surface area (Å²) in [6, 6.07) is 9.50. The second-order valence-electron chi connectivity index (χ2n) is 8.28. The van der Waals surface area contributed by atoms with Gasteiger partial charge in [0.2, 0.25) is 26.0 Å². The molecule has 1 N–H and O–H groups in total. The Kier molecular flexibility index (Phi) is 9.09. The summed E-state index contributed by atoms with van der Waals surface area (Å²) in [5, 5.41) is 2.87. The highest BCUT2D eigenvalue weighted by Crippen LogP contribution is 2.31. The van der Waals surface area contributed by atoms with Gasteiger partial charge in [-0.1, -0.05) is 11.6 Å². The number of carbonyl (C=O) groups excluding carboxylic acids is 1. The zero-order valence-corrected chi connectivity index (χ0v) is 22.7. The first-order chi connectivity index (χ1) is 16.9. The van der Waals surface area contributed by atoms with Crippen LogP contribution in [0.5, 0.6) is 11.5 Å². The van der Waals surface area contributed by atoms with E-state index in [0.29, 0.717) is 24.6 Å². The molecule has 0 aromatic heterocycles. The second kappa shape index (κ2) is 11.7. The molecule has 10 nitrogen and oxygen atoms in total. The molecule has 0 radical (unpaired) electrons. The van der Waals surface area contributed by atoms with E-state index in [-0.39, 0.29) is 28.8 Å². The SMILES string of the molecule is COc1ccc(N([C@@H](C)C(=O)NCCOc2ccc(S(=O)(=O)N3CCCC3)cc2)S(C)(=O)=O)cc1Cl. The van der Waals surface area contributed by atoms with E-state index in [0.717, 1.165) is 23.4 Å². The summed E-state index contributed by atoms with van der Waals surface area (Å²) in [6.07, 6.45) is 2.73. The normalized spacial score (nSPS) is 15.3. The fraction of sp³-hybridized carbons (Fsp3) is 0.435.